The Morgan fingerprint density at radius 2 is 1.33 bits per heavy atom. The molecule has 1 nitrogen and oxygen atoms in total. The van der Waals surface area contributed by atoms with Gasteiger partial charge < -0.3 is 5.32 Å². The lowest BCUT2D eigenvalue weighted by Gasteiger charge is -2.20. The minimum atomic E-state index is -0.287. The highest BCUT2D eigenvalue weighted by Gasteiger charge is 2.15. The van der Waals surface area contributed by atoms with E-state index in [-0.39, 0.29) is 24.3 Å². The van der Waals surface area contributed by atoms with Gasteiger partial charge in [0.15, 0.2) is 0 Å². The number of halogens is 3. The molecule has 0 heterocycles. The zero-order chi connectivity index (χ0) is 16.1. The summed E-state index contributed by atoms with van der Waals surface area (Å²) >= 11 is 6.12. The molecule has 0 amide bonds. The maximum atomic E-state index is 14.0. The summed E-state index contributed by atoms with van der Waals surface area (Å²) < 4.78 is 14.0. The van der Waals surface area contributed by atoms with Crippen LogP contribution in [0.1, 0.15) is 22.7 Å². The molecule has 0 saturated carbocycles. The fourth-order valence-electron chi connectivity index (χ4n) is 2.62. The van der Waals surface area contributed by atoms with Crippen LogP contribution < -0.4 is 5.32 Å². The molecule has 3 aromatic rings. The van der Waals surface area contributed by atoms with Crippen LogP contribution >= 0.6 is 24.0 Å². The zero-order valence-electron chi connectivity index (χ0n) is 13.0. The van der Waals surface area contributed by atoms with Crippen LogP contribution in [0.2, 0.25) is 5.02 Å². The molecule has 0 aromatic heterocycles. The smallest absolute Gasteiger partial charge is 0.129 e. The lowest BCUT2D eigenvalue weighted by atomic mass is 9.98. The van der Waals surface area contributed by atoms with Crippen molar-refractivity contribution in [3.05, 3.63) is 106 Å². The van der Waals surface area contributed by atoms with Gasteiger partial charge in [-0.15, -0.1) is 12.4 Å². The van der Waals surface area contributed by atoms with Gasteiger partial charge in [0.05, 0.1) is 6.04 Å². The van der Waals surface area contributed by atoms with Crippen molar-refractivity contribution in [1.82, 2.24) is 5.32 Å². The van der Waals surface area contributed by atoms with E-state index in [0.717, 1.165) is 11.1 Å². The van der Waals surface area contributed by atoms with Gasteiger partial charge in [-0.2, -0.15) is 0 Å². The SMILES string of the molecule is Cl.Fc1cccc(Cl)c1CNC(c1ccccc1)c1ccccc1. The van der Waals surface area contributed by atoms with Crippen LogP contribution in [-0.2, 0) is 6.54 Å². The second-order valence-corrected chi connectivity index (χ2v) is 5.74. The van der Waals surface area contributed by atoms with Crippen LogP contribution in [-0.4, -0.2) is 0 Å². The Hall–Kier alpha value is -1.87. The van der Waals surface area contributed by atoms with E-state index in [2.05, 4.69) is 29.6 Å². The quantitative estimate of drug-likeness (QED) is 0.607. The van der Waals surface area contributed by atoms with E-state index in [9.17, 15) is 4.39 Å². The molecule has 0 spiro atoms. The summed E-state index contributed by atoms with van der Waals surface area (Å²) in [5, 5.41) is 3.87. The molecule has 3 aromatic carbocycles. The first kappa shape index (κ1) is 18.5. The molecule has 0 aliphatic carbocycles. The third-order valence-electron chi connectivity index (χ3n) is 3.81. The predicted octanol–water partition coefficient (Wildman–Crippen LogP) is 5.78. The third kappa shape index (κ3) is 4.35. The summed E-state index contributed by atoms with van der Waals surface area (Å²) in [6.07, 6.45) is 0. The Kier molecular flexibility index (Phi) is 6.80. The van der Waals surface area contributed by atoms with Crippen LogP contribution in [0.15, 0.2) is 78.9 Å². The summed E-state index contributed by atoms with van der Waals surface area (Å²) in [4.78, 5) is 0. The average Bonchev–Trinajstić information content (AvgIpc) is 2.59. The van der Waals surface area contributed by atoms with Crippen LogP contribution in [0.5, 0.6) is 0 Å². The number of hydrogen-bond donors (Lipinski definition) is 1. The van der Waals surface area contributed by atoms with E-state index >= 15 is 0 Å². The molecule has 24 heavy (non-hydrogen) atoms. The van der Waals surface area contributed by atoms with Gasteiger partial charge >= 0.3 is 0 Å². The molecule has 4 heteroatoms. The zero-order valence-corrected chi connectivity index (χ0v) is 14.5. The first-order valence-corrected chi connectivity index (χ1v) is 7.89. The van der Waals surface area contributed by atoms with E-state index in [0.29, 0.717) is 17.1 Å². The summed E-state index contributed by atoms with van der Waals surface area (Å²) in [7, 11) is 0. The van der Waals surface area contributed by atoms with Crippen molar-refractivity contribution in [2.75, 3.05) is 0 Å². The maximum absolute atomic E-state index is 14.0. The third-order valence-corrected chi connectivity index (χ3v) is 4.16. The molecule has 0 aliphatic rings. The molecule has 3 rings (SSSR count). The second kappa shape index (κ2) is 8.84. The highest BCUT2D eigenvalue weighted by Crippen LogP contribution is 2.24. The minimum absolute atomic E-state index is 0. The van der Waals surface area contributed by atoms with Gasteiger partial charge in [-0.05, 0) is 23.3 Å². The maximum Gasteiger partial charge on any atom is 0.129 e. The fraction of sp³-hybridized carbons (Fsp3) is 0.100. The molecule has 0 bridgehead atoms. The Labute approximate surface area is 152 Å². The molecular formula is C20H18Cl2FN. The predicted molar refractivity (Wildman–Crippen MR) is 100 cm³/mol. The fourth-order valence-corrected chi connectivity index (χ4v) is 2.85. The molecule has 0 atom stereocenters. The topological polar surface area (TPSA) is 12.0 Å². The number of rotatable bonds is 5. The standard InChI is InChI=1S/C20H17ClFN.ClH/c21-18-12-7-13-19(22)17(18)14-23-20(15-8-3-1-4-9-15)16-10-5-2-6-11-16;/h1-13,20,23H,14H2;1H. The summed E-state index contributed by atoms with van der Waals surface area (Å²) in [5.74, 6) is -0.287. The van der Waals surface area contributed by atoms with Crippen molar-refractivity contribution in [1.29, 1.82) is 0 Å². The average molecular weight is 362 g/mol. The number of hydrogen-bond acceptors (Lipinski definition) is 1. The van der Waals surface area contributed by atoms with Crippen molar-refractivity contribution in [2.45, 2.75) is 12.6 Å². The Morgan fingerprint density at radius 1 is 0.792 bits per heavy atom. The molecule has 0 unspecified atom stereocenters. The molecule has 124 valence electrons. The lowest BCUT2D eigenvalue weighted by molar-refractivity contribution is 0.561. The van der Waals surface area contributed by atoms with Crippen LogP contribution in [0.3, 0.4) is 0 Å². The molecule has 0 saturated heterocycles. The van der Waals surface area contributed by atoms with E-state index < -0.39 is 0 Å². The van der Waals surface area contributed by atoms with E-state index in [4.69, 9.17) is 11.6 Å². The summed E-state index contributed by atoms with van der Waals surface area (Å²) in [6, 6.07) is 25.0. The monoisotopic (exact) mass is 361 g/mol. The van der Waals surface area contributed by atoms with Gasteiger partial charge in [0.1, 0.15) is 5.82 Å². The van der Waals surface area contributed by atoms with Gasteiger partial charge in [-0.3, -0.25) is 0 Å². The first-order valence-electron chi connectivity index (χ1n) is 7.52. The molecule has 0 fully saturated rings. The number of nitrogens with one attached hydrogen (secondary N) is 1. The van der Waals surface area contributed by atoms with Gasteiger partial charge in [0.2, 0.25) is 0 Å². The van der Waals surface area contributed by atoms with Crippen LogP contribution in [0.4, 0.5) is 4.39 Å². The van der Waals surface area contributed by atoms with E-state index in [1.165, 1.54) is 6.07 Å². The van der Waals surface area contributed by atoms with Crippen LogP contribution in [0.25, 0.3) is 0 Å². The summed E-state index contributed by atoms with van der Waals surface area (Å²) in [5.41, 5.74) is 2.75. The highest BCUT2D eigenvalue weighted by atomic mass is 35.5. The molecule has 0 aliphatic heterocycles. The van der Waals surface area contributed by atoms with Crippen molar-refractivity contribution in [3.8, 4) is 0 Å². The van der Waals surface area contributed by atoms with Gasteiger partial charge in [-0.25, -0.2) is 4.39 Å². The largest absolute Gasteiger partial charge is 0.302 e. The molecule has 0 radical (unpaired) electrons. The van der Waals surface area contributed by atoms with Crippen molar-refractivity contribution in [2.24, 2.45) is 0 Å². The van der Waals surface area contributed by atoms with E-state index in [1.54, 1.807) is 12.1 Å². The summed E-state index contributed by atoms with van der Waals surface area (Å²) in [6.45, 7) is 0.361. The Bertz CT molecular complexity index is 703. The Balaban J connectivity index is 0.00000208. The van der Waals surface area contributed by atoms with Crippen molar-refractivity contribution < 1.29 is 4.39 Å². The minimum Gasteiger partial charge on any atom is -0.302 e. The van der Waals surface area contributed by atoms with Crippen LogP contribution in [0, 0.1) is 5.82 Å². The first-order chi connectivity index (χ1) is 11.3. The van der Waals surface area contributed by atoms with Gasteiger partial charge in [0, 0.05) is 17.1 Å². The normalized spacial score (nSPS) is 10.5. The van der Waals surface area contributed by atoms with Gasteiger partial charge in [-0.1, -0.05) is 78.3 Å². The number of benzene rings is 3. The molecular weight excluding hydrogens is 344 g/mol. The Morgan fingerprint density at radius 3 is 1.83 bits per heavy atom. The lowest BCUT2D eigenvalue weighted by Crippen LogP contribution is -2.22. The van der Waals surface area contributed by atoms with Crippen molar-refractivity contribution >= 4 is 24.0 Å². The second-order valence-electron chi connectivity index (χ2n) is 5.34. The van der Waals surface area contributed by atoms with E-state index in [1.807, 2.05) is 36.4 Å². The van der Waals surface area contributed by atoms with Gasteiger partial charge in [0.25, 0.3) is 0 Å². The highest BCUT2D eigenvalue weighted by molar-refractivity contribution is 6.31. The molecule has 1 N–H and O–H groups in total. The van der Waals surface area contributed by atoms with Crippen molar-refractivity contribution in [3.63, 3.8) is 0 Å².